The lowest BCUT2D eigenvalue weighted by molar-refractivity contribution is 0.102. The van der Waals surface area contributed by atoms with Gasteiger partial charge in [0.1, 0.15) is 11.5 Å². The minimum atomic E-state index is -0.295. The average molecular weight is 319 g/mol. The van der Waals surface area contributed by atoms with Crippen molar-refractivity contribution in [1.82, 2.24) is 9.97 Å². The summed E-state index contributed by atoms with van der Waals surface area (Å²) in [5, 5.41) is 3.43. The largest absolute Gasteiger partial charge is 0.497 e. The first-order valence-corrected chi connectivity index (χ1v) is 7.72. The second kappa shape index (κ2) is 7.13. The summed E-state index contributed by atoms with van der Waals surface area (Å²) in [4.78, 5) is 20.8. The van der Waals surface area contributed by atoms with Crippen LogP contribution in [-0.2, 0) is 0 Å². The van der Waals surface area contributed by atoms with Crippen LogP contribution < -0.4 is 14.8 Å². The van der Waals surface area contributed by atoms with E-state index in [9.17, 15) is 4.79 Å². The highest BCUT2D eigenvalue weighted by molar-refractivity contribution is 7.98. The van der Waals surface area contributed by atoms with Crippen molar-refractivity contribution >= 4 is 23.4 Å². The number of ether oxygens (including phenoxy) is 2. The minimum absolute atomic E-state index is 0.295. The fourth-order valence-electron chi connectivity index (χ4n) is 1.87. The molecule has 116 valence electrons. The van der Waals surface area contributed by atoms with Gasteiger partial charge in [0.25, 0.3) is 5.91 Å². The normalized spacial score (nSPS) is 10.2. The van der Waals surface area contributed by atoms with Crippen LogP contribution in [-0.4, -0.2) is 36.4 Å². The molecule has 2 rings (SSSR count). The van der Waals surface area contributed by atoms with Gasteiger partial charge in [-0.25, -0.2) is 9.97 Å². The molecule has 0 saturated heterocycles. The van der Waals surface area contributed by atoms with Crippen molar-refractivity contribution in [3.8, 4) is 11.5 Å². The molecule has 0 bridgehead atoms. The second-order valence-corrected chi connectivity index (χ2v) is 5.15. The van der Waals surface area contributed by atoms with E-state index >= 15 is 0 Å². The van der Waals surface area contributed by atoms with Crippen LogP contribution >= 0.6 is 11.8 Å². The molecule has 0 aliphatic carbocycles. The zero-order chi connectivity index (χ0) is 16.1. The Balaban J connectivity index is 2.28. The van der Waals surface area contributed by atoms with Crippen molar-refractivity contribution in [3.63, 3.8) is 0 Å². The van der Waals surface area contributed by atoms with E-state index in [-0.39, 0.29) is 5.91 Å². The van der Waals surface area contributed by atoms with Gasteiger partial charge >= 0.3 is 0 Å². The number of aryl methyl sites for hydroxylation is 1. The van der Waals surface area contributed by atoms with Crippen molar-refractivity contribution in [2.75, 3.05) is 25.8 Å². The van der Waals surface area contributed by atoms with Gasteiger partial charge in [0, 0.05) is 12.3 Å². The maximum absolute atomic E-state index is 12.4. The quantitative estimate of drug-likeness (QED) is 0.675. The number of nitrogens with one attached hydrogen (secondary N) is 1. The standard InChI is InChI=1S/C15H17N3O3S/c1-9-11(8-16-15(17-9)22-4)14(19)18-12-7-10(20-2)5-6-13(12)21-3/h5-8H,1-4H3,(H,18,19). The lowest BCUT2D eigenvalue weighted by Gasteiger charge is -2.12. The highest BCUT2D eigenvalue weighted by Gasteiger charge is 2.14. The van der Waals surface area contributed by atoms with Crippen LogP contribution in [0.4, 0.5) is 5.69 Å². The second-order valence-electron chi connectivity index (χ2n) is 4.38. The summed E-state index contributed by atoms with van der Waals surface area (Å²) >= 11 is 1.43. The Kier molecular flexibility index (Phi) is 5.21. The zero-order valence-corrected chi connectivity index (χ0v) is 13.7. The minimum Gasteiger partial charge on any atom is -0.497 e. The molecule has 1 aromatic carbocycles. The number of benzene rings is 1. The van der Waals surface area contributed by atoms with E-state index < -0.39 is 0 Å². The van der Waals surface area contributed by atoms with Crippen molar-refractivity contribution in [2.45, 2.75) is 12.1 Å². The third kappa shape index (κ3) is 3.48. The summed E-state index contributed by atoms with van der Waals surface area (Å²) in [6, 6.07) is 5.19. The number of rotatable bonds is 5. The fraction of sp³-hybridized carbons (Fsp3) is 0.267. The van der Waals surface area contributed by atoms with Crippen molar-refractivity contribution < 1.29 is 14.3 Å². The first-order valence-electron chi connectivity index (χ1n) is 6.50. The Hall–Kier alpha value is -2.28. The Morgan fingerprint density at radius 1 is 1.27 bits per heavy atom. The van der Waals surface area contributed by atoms with Gasteiger partial charge in [0.05, 0.1) is 31.2 Å². The van der Waals surface area contributed by atoms with Crippen LogP contribution in [0, 0.1) is 6.92 Å². The number of anilines is 1. The first-order chi connectivity index (χ1) is 10.6. The molecule has 0 saturated carbocycles. The summed E-state index contributed by atoms with van der Waals surface area (Å²) < 4.78 is 10.4. The maximum Gasteiger partial charge on any atom is 0.259 e. The van der Waals surface area contributed by atoms with Crippen molar-refractivity contribution in [2.24, 2.45) is 0 Å². The molecular weight excluding hydrogens is 302 g/mol. The highest BCUT2D eigenvalue weighted by atomic mass is 32.2. The van der Waals surface area contributed by atoms with E-state index in [0.717, 1.165) is 0 Å². The van der Waals surface area contributed by atoms with Crippen LogP contribution in [0.5, 0.6) is 11.5 Å². The van der Waals surface area contributed by atoms with Crippen LogP contribution in [0.2, 0.25) is 0 Å². The molecule has 0 spiro atoms. The maximum atomic E-state index is 12.4. The lowest BCUT2D eigenvalue weighted by Crippen LogP contribution is -2.15. The number of methoxy groups -OCH3 is 2. The van der Waals surface area contributed by atoms with Crippen molar-refractivity contribution in [1.29, 1.82) is 0 Å². The molecule has 0 atom stereocenters. The van der Waals surface area contributed by atoms with E-state index in [4.69, 9.17) is 9.47 Å². The summed E-state index contributed by atoms with van der Waals surface area (Å²) in [6.07, 6.45) is 3.41. The van der Waals surface area contributed by atoms with Gasteiger partial charge in [-0.15, -0.1) is 0 Å². The lowest BCUT2D eigenvalue weighted by atomic mass is 10.2. The number of hydrogen-bond donors (Lipinski definition) is 1. The van der Waals surface area contributed by atoms with Gasteiger partial charge < -0.3 is 14.8 Å². The summed E-state index contributed by atoms with van der Waals surface area (Å²) in [6.45, 7) is 1.78. The number of nitrogens with zero attached hydrogens (tertiary/aromatic N) is 2. The number of carbonyl (C=O) groups is 1. The van der Waals surface area contributed by atoms with E-state index in [0.29, 0.717) is 33.6 Å². The Bertz CT molecular complexity index is 692. The molecule has 22 heavy (non-hydrogen) atoms. The van der Waals surface area contributed by atoms with Crippen LogP contribution in [0.3, 0.4) is 0 Å². The van der Waals surface area contributed by atoms with E-state index in [2.05, 4.69) is 15.3 Å². The predicted octanol–water partition coefficient (Wildman–Crippen LogP) is 2.78. The van der Waals surface area contributed by atoms with Crippen molar-refractivity contribution in [3.05, 3.63) is 35.7 Å². The zero-order valence-electron chi connectivity index (χ0n) is 12.8. The molecule has 0 radical (unpaired) electrons. The molecule has 7 heteroatoms. The molecule has 0 aliphatic heterocycles. The molecule has 0 unspecified atom stereocenters. The van der Waals surface area contributed by atoms with Gasteiger partial charge in [0.2, 0.25) is 0 Å². The third-order valence-electron chi connectivity index (χ3n) is 3.04. The van der Waals surface area contributed by atoms with Gasteiger partial charge in [-0.3, -0.25) is 4.79 Å². The molecule has 1 N–H and O–H groups in total. The molecule has 1 heterocycles. The molecule has 1 amide bonds. The highest BCUT2D eigenvalue weighted by Crippen LogP contribution is 2.29. The van der Waals surface area contributed by atoms with Gasteiger partial charge in [-0.05, 0) is 25.3 Å². The number of aromatic nitrogens is 2. The monoisotopic (exact) mass is 319 g/mol. The number of carbonyl (C=O) groups excluding carboxylic acids is 1. The topological polar surface area (TPSA) is 73.3 Å². The van der Waals surface area contributed by atoms with E-state index in [1.165, 1.54) is 18.0 Å². The average Bonchev–Trinajstić information content (AvgIpc) is 2.54. The Labute approximate surface area is 133 Å². The SMILES string of the molecule is COc1ccc(OC)c(NC(=O)c2cnc(SC)nc2C)c1. The fourth-order valence-corrected chi connectivity index (χ4v) is 2.25. The van der Waals surface area contributed by atoms with Gasteiger partial charge in [0.15, 0.2) is 5.16 Å². The molecular formula is C15H17N3O3S. The summed E-state index contributed by atoms with van der Waals surface area (Å²) in [5.74, 6) is 0.881. The predicted molar refractivity (Wildman–Crippen MR) is 86.0 cm³/mol. The summed E-state index contributed by atoms with van der Waals surface area (Å²) in [5.41, 5.74) is 1.57. The molecule has 0 aliphatic rings. The van der Waals surface area contributed by atoms with E-state index in [1.807, 2.05) is 6.26 Å². The van der Waals surface area contributed by atoms with Crippen LogP contribution in [0.1, 0.15) is 16.1 Å². The van der Waals surface area contributed by atoms with Gasteiger partial charge in [-0.2, -0.15) is 0 Å². The number of hydrogen-bond acceptors (Lipinski definition) is 6. The molecule has 0 fully saturated rings. The first kappa shape index (κ1) is 16.1. The van der Waals surface area contributed by atoms with Crippen LogP contribution in [0.15, 0.2) is 29.6 Å². The Morgan fingerprint density at radius 3 is 2.64 bits per heavy atom. The molecule has 6 nitrogen and oxygen atoms in total. The van der Waals surface area contributed by atoms with Crippen LogP contribution in [0.25, 0.3) is 0 Å². The van der Waals surface area contributed by atoms with Gasteiger partial charge in [-0.1, -0.05) is 11.8 Å². The van der Waals surface area contributed by atoms with E-state index in [1.54, 1.807) is 39.3 Å². The Morgan fingerprint density at radius 2 is 2.05 bits per heavy atom. The molecule has 2 aromatic rings. The third-order valence-corrected chi connectivity index (χ3v) is 3.60. The smallest absolute Gasteiger partial charge is 0.259 e. The number of thioether (sulfide) groups is 1. The number of amides is 1. The summed E-state index contributed by atoms with van der Waals surface area (Å²) in [7, 11) is 3.10. The molecule has 1 aromatic heterocycles.